The van der Waals surface area contributed by atoms with Gasteiger partial charge >= 0.3 is 0 Å². The lowest BCUT2D eigenvalue weighted by atomic mass is 10.1. The predicted octanol–water partition coefficient (Wildman–Crippen LogP) is 9.43. The van der Waals surface area contributed by atoms with E-state index in [1.807, 2.05) is 48.5 Å². The van der Waals surface area contributed by atoms with Gasteiger partial charge in [-0.25, -0.2) is 0 Å². The lowest BCUT2D eigenvalue weighted by molar-refractivity contribution is 0.0953. The molecule has 0 atom stereocenters. The van der Waals surface area contributed by atoms with Crippen molar-refractivity contribution in [2.75, 3.05) is 0 Å². The Balaban J connectivity index is 0.000000301. The van der Waals surface area contributed by atoms with E-state index in [0.29, 0.717) is 12.2 Å². The first kappa shape index (κ1) is 25.2. The third-order valence-corrected chi connectivity index (χ3v) is 5.63. The summed E-state index contributed by atoms with van der Waals surface area (Å²) in [5, 5.41) is 2.09. The summed E-state index contributed by atoms with van der Waals surface area (Å²) < 4.78 is 12.6. The molecule has 4 aromatic rings. The van der Waals surface area contributed by atoms with Crippen LogP contribution >= 0.6 is 31.9 Å². The van der Waals surface area contributed by atoms with E-state index in [1.165, 1.54) is 0 Å². The Morgan fingerprint density at radius 1 is 0.897 bits per heavy atom. The highest BCUT2D eigenvalue weighted by molar-refractivity contribution is 9.11. The fourth-order valence-electron chi connectivity index (χ4n) is 2.79. The zero-order valence-corrected chi connectivity index (χ0v) is 18.2. The van der Waals surface area contributed by atoms with Crippen LogP contribution in [0.15, 0.2) is 72.6 Å². The standard InChI is InChI=1S/C14H15BrO2.C8H5BrO.2CH4/c1-2-3-4-8-11(16)14-13(15)10-7-5-6-9-12(10)17-14;9-7-5-10-8-4-2-1-3-6(7)8;;/h5-7,9H,2-4,8H2,1H3;1-5H;2*1H4. The molecule has 3 nitrogen and oxygen atoms in total. The Bertz CT molecular complexity index is 1050. The Kier molecular flexibility index (Phi) is 10.4. The molecule has 0 saturated carbocycles. The predicted molar refractivity (Wildman–Crippen MR) is 130 cm³/mol. The number of Topliss-reactive ketones (excluding diaryl/α,β-unsaturated/α-hetero) is 1. The number of furan rings is 2. The molecule has 0 fully saturated rings. The molecule has 2 heterocycles. The van der Waals surface area contributed by atoms with Crippen molar-refractivity contribution in [2.45, 2.75) is 47.5 Å². The van der Waals surface area contributed by atoms with E-state index >= 15 is 0 Å². The number of fused-ring (bicyclic) bond motifs is 2. The second kappa shape index (κ2) is 12.0. The Morgan fingerprint density at radius 3 is 2.14 bits per heavy atom. The number of ketones is 1. The van der Waals surface area contributed by atoms with Gasteiger partial charge in [0, 0.05) is 17.2 Å². The summed E-state index contributed by atoms with van der Waals surface area (Å²) in [7, 11) is 0. The number of carbonyl (C=O) groups excluding carboxylic acids is 1. The molecule has 156 valence electrons. The van der Waals surface area contributed by atoms with Crippen LogP contribution in [0, 0.1) is 0 Å². The minimum absolute atomic E-state index is 0. The van der Waals surface area contributed by atoms with Gasteiger partial charge in [-0.1, -0.05) is 58.9 Å². The van der Waals surface area contributed by atoms with Crippen molar-refractivity contribution in [1.82, 2.24) is 0 Å². The summed E-state index contributed by atoms with van der Waals surface area (Å²) in [6, 6.07) is 15.6. The van der Waals surface area contributed by atoms with Gasteiger partial charge in [-0.15, -0.1) is 0 Å². The molecule has 0 unspecified atom stereocenters. The van der Waals surface area contributed by atoms with Gasteiger partial charge in [-0.05, 0) is 62.5 Å². The first-order valence-electron chi connectivity index (χ1n) is 8.93. The first-order chi connectivity index (χ1) is 13.1. The van der Waals surface area contributed by atoms with E-state index in [2.05, 4.69) is 38.8 Å². The number of unbranched alkanes of at least 4 members (excludes halogenated alkanes) is 2. The average molecular weight is 524 g/mol. The summed E-state index contributed by atoms with van der Waals surface area (Å²) in [5.41, 5.74) is 1.69. The van der Waals surface area contributed by atoms with Crippen molar-refractivity contribution in [3.63, 3.8) is 0 Å². The highest BCUT2D eigenvalue weighted by Gasteiger charge is 2.17. The molecule has 0 N–H and O–H groups in total. The number of benzene rings is 2. The van der Waals surface area contributed by atoms with Gasteiger partial charge in [-0.3, -0.25) is 4.79 Å². The molecule has 29 heavy (non-hydrogen) atoms. The number of para-hydroxylation sites is 2. The molecule has 2 aromatic heterocycles. The molecular formula is C24H28Br2O3. The largest absolute Gasteiger partial charge is 0.463 e. The lowest BCUT2D eigenvalue weighted by Crippen LogP contribution is -1.97. The van der Waals surface area contributed by atoms with Gasteiger partial charge in [0.1, 0.15) is 17.4 Å². The van der Waals surface area contributed by atoms with Gasteiger partial charge in [0.05, 0.1) is 8.95 Å². The Labute approximate surface area is 189 Å². The minimum atomic E-state index is 0. The van der Waals surface area contributed by atoms with Crippen molar-refractivity contribution in [3.8, 4) is 0 Å². The van der Waals surface area contributed by atoms with Crippen molar-refractivity contribution < 1.29 is 13.6 Å². The molecule has 0 spiro atoms. The number of halogens is 2. The fourth-order valence-corrected chi connectivity index (χ4v) is 3.84. The number of hydrogen-bond donors (Lipinski definition) is 0. The van der Waals surface area contributed by atoms with Gasteiger partial charge in [-0.2, -0.15) is 0 Å². The van der Waals surface area contributed by atoms with Gasteiger partial charge in [0.2, 0.25) is 0 Å². The van der Waals surface area contributed by atoms with Crippen LogP contribution in [0.25, 0.3) is 21.9 Å². The van der Waals surface area contributed by atoms with E-state index in [-0.39, 0.29) is 20.6 Å². The zero-order chi connectivity index (χ0) is 19.2. The van der Waals surface area contributed by atoms with Crippen LogP contribution in [-0.2, 0) is 0 Å². The molecule has 0 bridgehead atoms. The van der Waals surface area contributed by atoms with Crippen LogP contribution in [0.4, 0.5) is 0 Å². The molecule has 2 aromatic carbocycles. The van der Waals surface area contributed by atoms with E-state index in [1.54, 1.807) is 6.26 Å². The number of hydrogen-bond acceptors (Lipinski definition) is 3. The maximum atomic E-state index is 12.0. The number of rotatable bonds is 5. The van der Waals surface area contributed by atoms with Crippen LogP contribution in [0.5, 0.6) is 0 Å². The van der Waals surface area contributed by atoms with Crippen molar-refractivity contribution in [1.29, 1.82) is 0 Å². The molecule has 5 heteroatoms. The minimum Gasteiger partial charge on any atom is -0.463 e. The maximum absolute atomic E-state index is 12.0. The smallest absolute Gasteiger partial charge is 0.199 e. The van der Waals surface area contributed by atoms with Gasteiger partial charge in [0.15, 0.2) is 11.5 Å². The third kappa shape index (κ3) is 6.06. The third-order valence-electron chi connectivity index (χ3n) is 4.23. The number of carbonyl (C=O) groups is 1. The summed E-state index contributed by atoms with van der Waals surface area (Å²) >= 11 is 6.82. The fraction of sp³-hybridized carbons (Fsp3) is 0.292. The van der Waals surface area contributed by atoms with Crippen LogP contribution in [0.3, 0.4) is 0 Å². The highest BCUT2D eigenvalue weighted by Crippen LogP contribution is 2.31. The second-order valence-corrected chi connectivity index (χ2v) is 7.85. The molecule has 0 radical (unpaired) electrons. The summed E-state index contributed by atoms with van der Waals surface area (Å²) in [6.07, 6.45) is 5.40. The van der Waals surface area contributed by atoms with Crippen molar-refractivity contribution in [2.24, 2.45) is 0 Å². The van der Waals surface area contributed by atoms with E-state index in [9.17, 15) is 4.79 Å². The van der Waals surface area contributed by atoms with Crippen LogP contribution in [0.2, 0.25) is 0 Å². The molecule has 4 rings (SSSR count). The summed E-state index contributed by atoms with van der Waals surface area (Å²) in [6.45, 7) is 2.13. The molecular weight excluding hydrogens is 496 g/mol. The van der Waals surface area contributed by atoms with Gasteiger partial charge in [0.25, 0.3) is 0 Å². The van der Waals surface area contributed by atoms with Crippen LogP contribution in [-0.4, -0.2) is 5.78 Å². The van der Waals surface area contributed by atoms with Crippen molar-refractivity contribution >= 4 is 59.6 Å². The SMILES string of the molecule is Brc1coc2ccccc12.C.C.CCCCCC(=O)c1oc2ccccc2c1Br. The first-order valence-corrected chi connectivity index (χ1v) is 10.5. The summed E-state index contributed by atoms with van der Waals surface area (Å²) in [5.74, 6) is 0.545. The van der Waals surface area contributed by atoms with E-state index < -0.39 is 0 Å². The van der Waals surface area contributed by atoms with Crippen LogP contribution < -0.4 is 0 Å². The molecule has 0 aliphatic rings. The van der Waals surface area contributed by atoms with Gasteiger partial charge < -0.3 is 8.83 Å². The summed E-state index contributed by atoms with van der Waals surface area (Å²) in [4.78, 5) is 12.0. The second-order valence-electron chi connectivity index (χ2n) is 6.20. The maximum Gasteiger partial charge on any atom is 0.199 e. The monoisotopic (exact) mass is 522 g/mol. The Morgan fingerprint density at radius 2 is 1.52 bits per heavy atom. The normalized spacial score (nSPS) is 10.0. The molecule has 0 saturated heterocycles. The molecule has 0 aliphatic heterocycles. The van der Waals surface area contributed by atoms with E-state index in [4.69, 9.17) is 8.83 Å². The Hall–Kier alpha value is -1.85. The van der Waals surface area contributed by atoms with E-state index in [0.717, 1.165) is 50.1 Å². The highest BCUT2D eigenvalue weighted by atomic mass is 79.9. The van der Waals surface area contributed by atoms with Crippen molar-refractivity contribution in [3.05, 3.63) is 69.5 Å². The zero-order valence-electron chi connectivity index (χ0n) is 15.0. The molecule has 0 amide bonds. The quantitative estimate of drug-likeness (QED) is 0.193. The topological polar surface area (TPSA) is 43.4 Å². The average Bonchev–Trinajstić information content (AvgIpc) is 3.24. The van der Waals surface area contributed by atoms with Crippen LogP contribution in [0.1, 0.15) is 58.0 Å². The molecule has 0 aliphatic carbocycles. The lowest BCUT2D eigenvalue weighted by Gasteiger charge is -1.97.